The second-order valence-corrected chi connectivity index (χ2v) is 5.94. The van der Waals surface area contributed by atoms with E-state index >= 15 is 0 Å². The molecular weight excluding hydrogens is 292 g/mol. The molecule has 4 nitrogen and oxygen atoms in total. The predicted molar refractivity (Wildman–Crippen MR) is 91.4 cm³/mol. The molecular formula is C17H14N4S. The van der Waals surface area contributed by atoms with Crippen LogP contribution in [0.1, 0.15) is 5.56 Å². The van der Waals surface area contributed by atoms with Crippen molar-refractivity contribution in [3.8, 4) is 0 Å². The van der Waals surface area contributed by atoms with Gasteiger partial charge in [0.05, 0.1) is 15.7 Å². The zero-order chi connectivity index (χ0) is 14.8. The summed E-state index contributed by atoms with van der Waals surface area (Å²) >= 11 is 1.66. The van der Waals surface area contributed by atoms with E-state index in [4.69, 9.17) is 0 Å². The van der Waals surface area contributed by atoms with Crippen molar-refractivity contribution in [1.82, 2.24) is 15.0 Å². The maximum Gasteiger partial charge on any atom is 0.147 e. The van der Waals surface area contributed by atoms with Gasteiger partial charge in [-0.1, -0.05) is 24.3 Å². The van der Waals surface area contributed by atoms with E-state index in [-0.39, 0.29) is 0 Å². The van der Waals surface area contributed by atoms with E-state index in [1.807, 2.05) is 23.7 Å². The number of hydrogen-bond donors (Lipinski definition) is 1. The Labute approximate surface area is 131 Å². The van der Waals surface area contributed by atoms with Crippen molar-refractivity contribution in [2.75, 3.05) is 11.9 Å². The Kier molecular flexibility index (Phi) is 3.40. The number of hydrogen-bond acceptors (Lipinski definition) is 5. The van der Waals surface area contributed by atoms with Crippen LogP contribution >= 0.6 is 11.3 Å². The van der Waals surface area contributed by atoms with Gasteiger partial charge in [0.25, 0.3) is 0 Å². The molecule has 0 aliphatic heterocycles. The largest absolute Gasteiger partial charge is 0.368 e. The summed E-state index contributed by atoms with van der Waals surface area (Å²) in [6.45, 7) is 0.819. The third-order valence-electron chi connectivity index (χ3n) is 3.65. The number of pyridine rings is 1. The highest BCUT2D eigenvalue weighted by Gasteiger charge is 2.05. The van der Waals surface area contributed by atoms with E-state index in [1.165, 1.54) is 10.9 Å². The third-order valence-corrected chi connectivity index (χ3v) is 4.56. The Morgan fingerprint density at radius 3 is 2.95 bits per heavy atom. The molecule has 0 atom stereocenters. The lowest BCUT2D eigenvalue weighted by molar-refractivity contribution is 1.01. The molecule has 4 rings (SSSR count). The Hall–Kier alpha value is -2.53. The maximum absolute atomic E-state index is 4.50. The number of rotatable bonds is 4. The number of aromatic nitrogens is 3. The fraction of sp³-hybridized carbons (Fsp3) is 0.118. The van der Waals surface area contributed by atoms with Crippen molar-refractivity contribution in [2.45, 2.75) is 6.42 Å². The number of thiophene rings is 1. The monoisotopic (exact) mass is 306 g/mol. The van der Waals surface area contributed by atoms with Gasteiger partial charge in [0.1, 0.15) is 12.1 Å². The smallest absolute Gasteiger partial charge is 0.147 e. The molecule has 3 heterocycles. The molecule has 0 saturated carbocycles. The topological polar surface area (TPSA) is 50.7 Å². The number of nitrogens with zero attached hydrogens (tertiary/aromatic N) is 3. The van der Waals surface area contributed by atoms with Crippen LogP contribution in [0.5, 0.6) is 0 Å². The minimum atomic E-state index is 0.819. The van der Waals surface area contributed by atoms with Gasteiger partial charge >= 0.3 is 0 Å². The molecule has 0 bridgehead atoms. The molecule has 0 spiro atoms. The number of nitrogens with one attached hydrogen (secondary N) is 1. The molecule has 1 N–H and O–H groups in total. The van der Waals surface area contributed by atoms with Gasteiger partial charge in [-0.25, -0.2) is 9.97 Å². The molecule has 0 saturated heterocycles. The molecule has 5 heteroatoms. The highest BCUT2D eigenvalue weighted by molar-refractivity contribution is 7.17. The van der Waals surface area contributed by atoms with Gasteiger partial charge in [-0.2, -0.15) is 0 Å². The quantitative estimate of drug-likeness (QED) is 0.621. The van der Waals surface area contributed by atoms with Crippen molar-refractivity contribution in [2.24, 2.45) is 0 Å². The van der Waals surface area contributed by atoms with E-state index in [2.05, 4.69) is 44.5 Å². The average molecular weight is 306 g/mol. The molecule has 0 aliphatic carbocycles. The molecule has 0 unspecified atom stereocenters. The first-order chi connectivity index (χ1) is 10.9. The second-order valence-electron chi connectivity index (χ2n) is 5.03. The zero-order valence-electron chi connectivity index (χ0n) is 11.9. The van der Waals surface area contributed by atoms with Crippen LogP contribution in [0, 0.1) is 0 Å². The highest BCUT2D eigenvalue weighted by Crippen LogP contribution is 2.24. The van der Waals surface area contributed by atoms with Gasteiger partial charge in [-0.05, 0) is 29.5 Å². The summed E-state index contributed by atoms with van der Waals surface area (Å²) < 4.78 is 1.11. The van der Waals surface area contributed by atoms with E-state index in [0.717, 1.165) is 34.5 Å². The number of para-hydroxylation sites is 1. The van der Waals surface area contributed by atoms with Crippen LogP contribution in [0.4, 0.5) is 5.82 Å². The molecule has 0 aliphatic rings. The zero-order valence-corrected chi connectivity index (χ0v) is 12.7. The van der Waals surface area contributed by atoms with Gasteiger partial charge in [0, 0.05) is 18.1 Å². The second kappa shape index (κ2) is 5.69. The van der Waals surface area contributed by atoms with Crippen LogP contribution in [0.15, 0.2) is 54.3 Å². The van der Waals surface area contributed by atoms with Gasteiger partial charge in [-0.3, -0.25) is 4.98 Å². The van der Waals surface area contributed by atoms with Crippen LogP contribution in [0.2, 0.25) is 0 Å². The van der Waals surface area contributed by atoms with E-state index < -0.39 is 0 Å². The Bertz CT molecular complexity index is 927. The lowest BCUT2D eigenvalue weighted by Gasteiger charge is -2.08. The lowest BCUT2D eigenvalue weighted by Crippen LogP contribution is -2.07. The summed E-state index contributed by atoms with van der Waals surface area (Å²) in [6, 6.07) is 12.4. The molecule has 0 fully saturated rings. The van der Waals surface area contributed by atoms with Crippen molar-refractivity contribution in [3.63, 3.8) is 0 Å². The maximum atomic E-state index is 4.50. The van der Waals surface area contributed by atoms with Gasteiger partial charge in [0.2, 0.25) is 0 Å². The molecule has 0 radical (unpaired) electrons. The van der Waals surface area contributed by atoms with E-state index in [9.17, 15) is 0 Å². The third kappa shape index (κ3) is 2.40. The van der Waals surface area contributed by atoms with Crippen LogP contribution in [0.3, 0.4) is 0 Å². The summed E-state index contributed by atoms with van der Waals surface area (Å²) in [5, 5.41) is 6.64. The van der Waals surface area contributed by atoms with Crippen LogP contribution in [-0.4, -0.2) is 21.5 Å². The molecule has 1 aromatic carbocycles. The summed E-state index contributed by atoms with van der Waals surface area (Å²) in [6.07, 6.45) is 4.36. The number of anilines is 1. The summed E-state index contributed by atoms with van der Waals surface area (Å²) in [5.74, 6) is 0.910. The van der Waals surface area contributed by atoms with Crippen molar-refractivity contribution >= 4 is 38.3 Å². The van der Waals surface area contributed by atoms with Crippen LogP contribution in [-0.2, 0) is 6.42 Å². The summed E-state index contributed by atoms with van der Waals surface area (Å²) in [5.41, 5.74) is 3.33. The summed E-state index contributed by atoms with van der Waals surface area (Å²) in [4.78, 5) is 13.1. The van der Waals surface area contributed by atoms with Gasteiger partial charge in [0.15, 0.2) is 0 Å². The fourth-order valence-corrected chi connectivity index (χ4v) is 3.41. The average Bonchev–Trinajstić information content (AvgIpc) is 3.05. The van der Waals surface area contributed by atoms with Crippen molar-refractivity contribution < 1.29 is 0 Å². The Morgan fingerprint density at radius 1 is 1.00 bits per heavy atom. The van der Waals surface area contributed by atoms with E-state index in [1.54, 1.807) is 17.7 Å². The molecule has 0 amide bonds. The standard InChI is InChI=1S/C17H14N4S/c1-3-12-5-2-8-18-15(12)13(4-1)6-9-19-17-16-14(7-10-22-16)20-11-21-17/h1-5,7-8,10-11H,6,9H2,(H,19,20,21). The first-order valence-electron chi connectivity index (χ1n) is 7.16. The normalized spacial score (nSPS) is 11.1. The predicted octanol–water partition coefficient (Wildman–Crippen LogP) is 3.89. The number of benzene rings is 1. The summed E-state index contributed by atoms with van der Waals surface area (Å²) in [7, 11) is 0. The van der Waals surface area contributed by atoms with Crippen molar-refractivity contribution in [3.05, 3.63) is 59.9 Å². The van der Waals surface area contributed by atoms with Gasteiger partial charge in [-0.15, -0.1) is 11.3 Å². The van der Waals surface area contributed by atoms with Crippen LogP contribution < -0.4 is 5.32 Å². The van der Waals surface area contributed by atoms with Gasteiger partial charge < -0.3 is 5.32 Å². The fourth-order valence-electron chi connectivity index (χ4n) is 2.60. The molecule has 4 aromatic rings. The SMILES string of the molecule is c1cnc2c(CCNc3ncnc4ccsc34)cccc2c1. The Morgan fingerprint density at radius 2 is 1.95 bits per heavy atom. The first-order valence-corrected chi connectivity index (χ1v) is 8.04. The Balaban J connectivity index is 1.54. The van der Waals surface area contributed by atoms with E-state index in [0.29, 0.717) is 0 Å². The van der Waals surface area contributed by atoms with Crippen molar-refractivity contribution in [1.29, 1.82) is 0 Å². The lowest BCUT2D eigenvalue weighted by atomic mass is 10.1. The first kappa shape index (κ1) is 13.2. The highest BCUT2D eigenvalue weighted by atomic mass is 32.1. The van der Waals surface area contributed by atoms with Crippen LogP contribution in [0.25, 0.3) is 21.1 Å². The molecule has 22 heavy (non-hydrogen) atoms. The minimum absolute atomic E-state index is 0.819. The molecule has 108 valence electrons. The minimum Gasteiger partial charge on any atom is -0.368 e. The molecule has 3 aromatic heterocycles. The number of fused-ring (bicyclic) bond motifs is 2.